The van der Waals surface area contributed by atoms with Crippen LogP contribution in [0.2, 0.25) is 0 Å². The van der Waals surface area contributed by atoms with Crippen molar-refractivity contribution in [1.82, 2.24) is 4.72 Å². The van der Waals surface area contributed by atoms with E-state index in [1.807, 2.05) is 24.3 Å². The molecule has 1 aliphatic heterocycles. The van der Waals surface area contributed by atoms with Crippen LogP contribution in [-0.2, 0) is 16.6 Å². The Balaban J connectivity index is 1.71. The minimum Gasteiger partial charge on any atom is -0.454 e. The van der Waals surface area contributed by atoms with Crippen molar-refractivity contribution in [2.75, 3.05) is 6.79 Å². The average molecular weight is 333 g/mol. The number of benzene rings is 2. The van der Waals surface area contributed by atoms with E-state index in [-0.39, 0.29) is 18.2 Å². The van der Waals surface area contributed by atoms with Crippen molar-refractivity contribution in [3.05, 3.63) is 53.6 Å². The van der Waals surface area contributed by atoms with Crippen molar-refractivity contribution >= 4 is 10.0 Å². The van der Waals surface area contributed by atoms with Crippen molar-refractivity contribution in [2.45, 2.75) is 31.2 Å². The molecule has 0 atom stereocenters. The van der Waals surface area contributed by atoms with Crippen LogP contribution in [0.15, 0.2) is 47.4 Å². The number of fused-ring (bicyclic) bond motifs is 1. The van der Waals surface area contributed by atoms with Crippen LogP contribution in [0.1, 0.15) is 30.9 Å². The van der Waals surface area contributed by atoms with E-state index in [9.17, 15) is 8.42 Å². The lowest BCUT2D eigenvalue weighted by atomic mass is 10.0. The summed E-state index contributed by atoms with van der Waals surface area (Å²) in [6.07, 6.45) is 0. The summed E-state index contributed by atoms with van der Waals surface area (Å²) in [5.41, 5.74) is 2.14. The van der Waals surface area contributed by atoms with Gasteiger partial charge in [0.2, 0.25) is 16.8 Å². The molecular weight excluding hydrogens is 314 g/mol. The van der Waals surface area contributed by atoms with Gasteiger partial charge in [-0.1, -0.05) is 38.1 Å². The van der Waals surface area contributed by atoms with Crippen LogP contribution in [0.3, 0.4) is 0 Å². The van der Waals surface area contributed by atoms with Crippen LogP contribution in [0.4, 0.5) is 0 Å². The highest BCUT2D eigenvalue weighted by atomic mass is 32.2. The number of hydrogen-bond acceptors (Lipinski definition) is 4. The highest BCUT2D eigenvalue weighted by Gasteiger charge is 2.20. The van der Waals surface area contributed by atoms with Gasteiger partial charge in [0.15, 0.2) is 11.5 Å². The fourth-order valence-corrected chi connectivity index (χ4v) is 3.36. The van der Waals surface area contributed by atoms with Gasteiger partial charge >= 0.3 is 0 Å². The maximum Gasteiger partial charge on any atom is 0.241 e. The lowest BCUT2D eigenvalue weighted by Crippen LogP contribution is -2.23. The first kappa shape index (κ1) is 15.8. The zero-order valence-electron chi connectivity index (χ0n) is 13.1. The molecule has 3 rings (SSSR count). The average Bonchev–Trinajstić information content (AvgIpc) is 3.01. The number of nitrogens with one attached hydrogen (secondary N) is 1. The Kier molecular flexibility index (Phi) is 4.28. The molecule has 1 aliphatic rings. The predicted octanol–water partition coefficient (Wildman–Crippen LogP) is 3.02. The summed E-state index contributed by atoms with van der Waals surface area (Å²) in [7, 11) is -3.59. The maximum atomic E-state index is 12.4. The Labute approximate surface area is 136 Å². The number of sulfonamides is 1. The molecule has 0 saturated heterocycles. The second-order valence-electron chi connectivity index (χ2n) is 5.74. The fourth-order valence-electron chi connectivity index (χ4n) is 2.33. The van der Waals surface area contributed by atoms with Gasteiger partial charge in [0.1, 0.15) is 0 Å². The van der Waals surface area contributed by atoms with E-state index in [1.165, 1.54) is 17.7 Å². The van der Waals surface area contributed by atoms with Gasteiger partial charge in [-0.05, 0) is 29.2 Å². The molecule has 0 spiro atoms. The zero-order chi connectivity index (χ0) is 16.4. The molecule has 6 heteroatoms. The van der Waals surface area contributed by atoms with Crippen LogP contribution in [-0.4, -0.2) is 15.2 Å². The predicted molar refractivity (Wildman–Crippen MR) is 87.1 cm³/mol. The second-order valence-corrected chi connectivity index (χ2v) is 7.50. The third-order valence-electron chi connectivity index (χ3n) is 3.77. The van der Waals surface area contributed by atoms with Crippen LogP contribution < -0.4 is 14.2 Å². The first-order chi connectivity index (χ1) is 11.0. The summed E-state index contributed by atoms with van der Waals surface area (Å²) < 4.78 is 37.8. The first-order valence-electron chi connectivity index (χ1n) is 7.44. The highest BCUT2D eigenvalue weighted by Crippen LogP contribution is 2.33. The van der Waals surface area contributed by atoms with E-state index in [0.29, 0.717) is 17.4 Å². The molecule has 23 heavy (non-hydrogen) atoms. The molecule has 0 aromatic heterocycles. The Morgan fingerprint density at radius 1 is 1.04 bits per heavy atom. The maximum absolute atomic E-state index is 12.4. The second kappa shape index (κ2) is 6.22. The standard InChI is InChI=1S/C17H19NO4S/c1-12(2)14-5-3-13(4-6-14)10-18-23(19,20)15-7-8-16-17(9-15)22-11-21-16/h3-9,12,18H,10-11H2,1-2H3. The molecule has 0 radical (unpaired) electrons. The van der Waals surface area contributed by atoms with Crippen molar-refractivity contribution in [1.29, 1.82) is 0 Å². The third kappa shape index (κ3) is 3.48. The van der Waals surface area contributed by atoms with E-state index >= 15 is 0 Å². The van der Waals surface area contributed by atoms with Gasteiger partial charge in [0, 0.05) is 12.6 Å². The monoisotopic (exact) mass is 333 g/mol. The molecule has 5 nitrogen and oxygen atoms in total. The van der Waals surface area contributed by atoms with Crippen molar-refractivity contribution in [3.8, 4) is 11.5 Å². The minimum atomic E-state index is -3.59. The normalized spacial score (nSPS) is 13.5. The van der Waals surface area contributed by atoms with E-state index in [1.54, 1.807) is 6.07 Å². The molecule has 0 amide bonds. The van der Waals surface area contributed by atoms with Crippen LogP contribution >= 0.6 is 0 Å². The number of hydrogen-bond donors (Lipinski definition) is 1. The summed E-state index contributed by atoms with van der Waals surface area (Å²) in [5.74, 6) is 1.47. The minimum absolute atomic E-state index is 0.120. The molecule has 1 heterocycles. The lowest BCUT2D eigenvalue weighted by Gasteiger charge is -2.09. The van der Waals surface area contributed by atoms with Crippen LogP contribution in [0, 0.1) is 0 Å². The summed E-state index contributed by atoms with van der Waals surface area (Å²) >= 11 is 0. The molecule has 0 unspecified atom stereocenters. The van der Waals surface area contributed by atoms with Gasteiger partial charge in [-0.2, -0.15) is 0 Å². The molecule has 0 saturated carbocycles. The quantitative estimate of drug-likeness (QED) is 0.913. The summed E-state index contributed by atoms with van der Waals surface area (Å²) in [4.78, 5) is 0.167. The fraction of sp³-hybridized carbons (Fsp3) is 0.294. The molecule has 1 N–H and O–H groups in total. The highest BCUT2D eigenvalue weighted by molar-refractivity contribution is 7.89. The van der Waals surface area contributed by atoms with Gasteiger partial charge in [0.25, 0.3) is 0 Å². The molecular formula is C17H19NO4S. The molecule has 0 bridgehead atoms. The Bertz CT molecular complexity index is 798. The van der Waals surface area contributed by atoms with E-state index in [4.69, 9.17) is 9.47 Å². The molecule has 2 aromatic rings. The van der Waals surface area contributed by atoms with Crippen molar-refractivity contribution < 1.29 is 17.9 Å². The first-order valence-corrected chi connectivity index (χ1v) is 8.92. The van der Waals surface area contributed by atoms with Crippen LogP contribution in [0.25, 0.3) is 0 Å². The molecule has 2 aromatic carbocycles. The Morgan fingerprint density at radius 2 is 1.74 bits per heavy atom. The summed E-state index contributed by atoms with van der Waals surface area (Å²) in [5, 5.41) is 0. The molecule has 0 fully saturated rings. The van der Waals surface area contributed by atoms with Gasteiger partial charge in [0.05, 0.1) is 4.90 Å². The van der Waals surface area contributed by atoms with Gasteiger partial charge in [-0.3, -0.25) is 0 Å². The lowest BCUT2D eigenvalue weighted by molar-refractivity contribution is 0.174. The zero-order valence-corrected chi connectivity index (χ0v) is 13.9. The largest absolute Gasteiger partial charge is 0.454 e. The van der Waals surface area contributed by atoms with E-state index in [2.05, 4.69) is 18.6 Å². The van der Waals surface area contributed by atoms with E-state index in [0.717, 1.165) is 5.56 Å². The number of rotatable bonds is 5. The summed E-state index contributed by atoms with van der Waals surface area (Å²) in [6, 6.07) is 12.5. The van der Waals surface area contributed by atoms with E-state index < -0.39 is 10.0 Å². The van der Waals surface area contributed by atoms with Crippen molar-refractivity contribution in [3.63, 3.8) is 0 Å². The van der Waals surface area contributed by atoms with Gasteiger partial charge < -0.3 is 9.47 Å². The Hall–Kier alpha value is -2.05. The third-order valence-corrected chi connectivity index (χ3v) is 5.17. The molecule has 122 valence electrons. The van der Waals surface area contributed by atoms with Gasteiger partial charge in [-0.15, -0.1) is 0 Å². The van der Waals surface area contributed by atoms with Crippen molar-refractivity contribution in [2.24, 2.45) is 0 Å². The van der Waals surface area contributed by atoms with Gasteiger partial charge in [-0.25, -0.2) is 13.1 Å². The summed E-state index contributed by atoms with van der Waals surface area (Å²) in [6.45, 7) is 4.61. The SMILES string of the molecule is CC(C)c1ccc(CNS(=O)(=O)c2ccc3c(c2)OCO3)cc1. The smallest absolute Gasteiger partial charge is 0.241 e. The number of ether oxygens (including phenoxy) is 2. The topological polar surface area (TPSA) is 64.6 Å². The molecule has 0 aliphatic carbocycles. The van der Waals surface area contributed by atoms with Crippen LogP contribution in [0.5, 0.6) is 11.5 Å². The Morgan fingerprint density at radius 3 is 2.43 bits per heavy atom.